The average molecular weight is 692 g/mol. The molecule has 256 valence electrons. The van der Waals surface area contributed by atoms with Crippen LogP contribution in [0.1, 0.15) is 25.0 Å². The molecular formula is C51H37N3. The highest BCUT2D eigenvalue weighted by atomic mass is 15.1. The fourth-order valence-corrected chi connectivity index (χ4v) is 9.17. The van der Waals surface area contributed by atoms with Crippen LogP contribution in [0.2, 0.25) is 0 Å². The summed E-state index contributed by atoms with van der Waals surface area (Å²) in [5.41, 5.74) is 15.8. The van der Waals surface area contributed by atoms with E-state index in [1.807, 2.05) is 0 Å². The Hall–Kier alpha value is -6.84. The first-order valence-corrected chi connectivity index (χ1v) is 18.8. The Labute approximate surface area is 314 Å². The smallest absolute Gasteiger partial charge is 0.0562 e. The van der Waals surface area contributed by atoms with Gasteiger partial charge in [0.05, 0.1) is 22.1 Å². The highest BCUT2D eigenvalue weighted by Crippen LogP contribution is 2.51. The van der Waals surface area contributed by atoms with E-state index in [1.165, 1.54) is 65.9 Å². The maximum absolute atomic E-state index is 2.43. The molecule has 0 saturated carbocycles. The summed E-state index contributed by atoms with van der Waals surface area (Å²) < 4.78 is 4.84. The molecule has 0 aliphatic heterocycles. The molecule has 0 atom stereocenters. The lowest BCUT2D eigenvalue weighted by atomic mass is 9.82. The molecule has 0 spiro atoms. The molecule has 8 aromatic carbocycles. The second-order valence-electron chi connectivity index (χ2n) is 15.0. The number of hydrogen-bond donors (Lipinski definition) is 0. The van der Waals surface area contributed by atoms with Crippen LogP contribution in [0.25, 0.3) is 66.1 Å². The fraction of sp³-hybridized carbons (Fsp3) is 0.0588. The van der Waals surface area contributed by atoms with Crippen LogP contribution in [0.15, 0.2) is 188 Å². The highest BCUT2D eigenvalue weighted by molar-refractivity contribution is 6.19. The monoisotopic (exact) mass is 691 g/mol. The number of rotatable bonds is 5. The molecule has 0 radical (unpaired) electrons. The van der Waals surface area contributed by atoms with Crippen LogP contribution >= 0.6 is 0 Å². The molecule has 3 heteroatoms. The quantitative estimate of drug-likeness (QED) is 0.175. The van der Waals surface area contributed by atoms with Crippen molar-refractivity contribution in [3.8, 4) is 22.5 Å². The van der Waals surface area contributed by atoms with Gasteiger partial charge in [-0.2, -0.15) is 0 Å². The van der Waals surface area contributed by atoms with Crippen molar-refractivity contribution in [1.82, 2.24) is 9.13 Å². The molecule has 2 heterocycles. The van der Waals surface area contributed by atoms with Crippen molar-refractivity contribution >= 4 is 60.7 Å². The molecule has 0 N–H and O–H groups in total. The summed E-state index contributed by atoms with van der Waals surface area (Å²) >= 11 is 0. The van der Waals surface area contributed by atoms with Crippen molar-refractivity contribution in [3.05, 3.63) is 199 Å². The summed E-state index contributed by atoms with van der Waals surface area (Å²) in [6.07, 6.45) is 0. The van der Waals surface area contributed by atoms with E-state index in [4.69, 9.17) is 0 Å². The van der Waals surface area contributed by atoms with Gasteiger partial charge < -0.3 is 14.0 Å². The summed E-state index contributed by atoms with van der Waals surface area (Å²) in [6.45, 7) is 4.71. The fourth-order valence-electron chi connectivity index (χ4n) is 9.17. The van der Waals surface area contributed by atoms with E-state index in [2.05, 4.69) is 216 Å². The third kappa shape index (κ3) is 4.42. The van der Waals surface area contributed by atoms with Gasteiger partial charge in [0, 0.05) is 55.4 Å². The predicted octanol–water partition coefficient (Wildman–Crippen LogP) is 13.7. The van der Waals surface area contributed by atoms with E-state index in [0.29, 0.717) is 0 Å². The first kappa shape index (κ1) is 30.8. The predicted molar refractivity (Wildman–Crippen MR) is 227 cm³/mol. The van der Waals surface area contributed by atoms with Gasteiger partial charge in [0.25, 0.3) is 0 Å². The topological polar surface area (TPSA) is 13.1 Å². The molecule has 2 aromatic heterocycles. The molecule has 0 bridgehead atoms. The second kappa shape index (κ2) is 11.6. The van der Waals surface area contributed by atoms with Gasteiger partial charge in [0.2, 0.25) is 0 Å². The Bertz CT molecular complexity index is 3060. The van der Waals surface area contributed by atoms with Crippen LogP contribution in [0.4, 0.5) is 17.1 Å². The Kier molecular flexibility index (Phi) is 6.60. The zero-order valence-electron chi connectivity index (χ0n) is 30.2. The number of hydrogen-bond acceptors (Lipinski definition) is 1. The summed E-state index contributed by atoms with van der Waals surface area (Å²) in [5, 5.41) is 4.96. The number of para-hydroxylation sites is 4. The third-order valence-corrected chi connectivity index (χ3v) is 11.7. The molecule has 0 amide bonds. The zero-order valence-corrected chi connectivity index (χ0v) is 30.2. The van der Waals surface area contributed by atoms with Gasteiger partial charge in [0.1, 0.15) is 0 Å². The second-order valence-corrected chi connectivity index (χ2v) is 15.0. The summed E-state index contributed by atoms with van der Waals surface area (Å²) in [7, 11) is 0. The van der Waals surface area contributed by atoms with E-state index in [-0.39, 0.29) is 5.41 Å². The van der Waals surface area contributed by atoms with Crippen LogP contribution in [-0.2, 0) is 5.41 Å². The number of benzene rings is 8. The maximum Gasteiger partial charge on any atom is 0.0562 e. The number of nitrogens with zero attached hydrogens (tertiary/aromatic N) is 3. The van der Waals surface area contributed by atoms with Gasteiger partial charge in [-0.25, -0.2) is 0 Å². The maximum atomic E-state index is 2.43. The van der Waals surface area contributed by atoms with Gasteiger partial charge in [0.15, 0.2) is 0 Å². The van der Waals surface area contributed by atoms with Crippen molar-refractivity contribution < 1.29 is 0 Å². The molecule has 0 saturated heterocycles. The van der Waals surface area contributed by atoms with Gasteiger partial charge in [-0.3, -0.25) is 0 Å². The molecule has 10 aromatic rings. The minimum absolute atomic E-state index is 0.0956. The number of anilines is 3. The Morgan fingerprint density at radius 3 is 1.59 bits per heavy atom. The van der Waals surface area contributed by atoms with Gasteiger partial charge >= 0.3 is 0 Å². The van der Waals surface area contributed by atoms with Crippen molar-refractivity contribution in [2.45, 2.75) is 19.3 Å². The number of aromatic nitrogens is 2. The average Bonchev–Trinajstić information content (AvgIpc) is 3.80. The van der Waals surface area contributed by atoms with Gasteiger partial charge in [-0.15, -0.1) is 0 Å². The van der Waals surface area contributed by atoms with E-state index >= 15 is 0 Å². The Morgan fingerprint density at radius 1 is 0.352 bits per heavy atom. The lowest BCUT2D eigenvalue weighted by Gasteiger charge is -2.28. The van der Waals surface area contributed by atoms with E-state index in [9.17, 15) is 0 Å². The van der Waals surface area contributed by atoms with Crippen molar-refractivity contribution in [3.63, 3.8) is 0 Å². The summed E-state index contributed by atoms with van der Waals surface area (Å²) in [6, 6.07) is 68.8. The normalized spacial score (nSPS) is 13.1. The molecule has 1 aliphatic rings. The third-order valence-electron chi connectivity index (χ3n) is 11.7. The standard InChI is InChI=1S/C51H37N3/c1-51(2)45-24-14-12-22-39(45)40-28-26-38(31-46(40)51)52(34-16-6-3-7-17-34)37-27-29-48-42(30-37)44-32-43-41-23-13-15-25-47(41)53(35-18-8-4-9-19-35)49(43)33-50(44)54(48)36-20-10-5-11-21-36/h3-33H,1-2H3. The minimum atomic E-state index is -0.0956. The lowest BCUT2D eigenvalue weighted by Crippen LogP contribution is -2.16. The van der Waals surface area contributed by atoms with Crippen LogP contribution in [0.5, 0.6) is 0 Å². The van der Waals surface area contributed by atoms with Crippen molar-refractivity contribution in [1.29, 1.82) is 0 Å². The van der Waals surface area contributed by atoms with Crippen molar-refractivity contribution in [2.75, 3.05) is 4.90 Å². The van der Waals surface area contributed by atoms with Crippen LogP contribution in [0, 0.1) is 0 Å². The zero-order chi connectivity index (χ0) is 36.0. The first-order chi connectivity index (χ1) is 26.6. The minimum Gasteiger partial charge on any atom is -0.310 e. The van der Waals surface area contributed by atoms with E-state index in [1.54, 1.807) is 0 Å². The van der Waals surface area contributed by atoms with Gasteiger partial charge in [-0.1, -0.05) is 117 Å². The van der Waals surface area contributed by atoms with Crippen LogP contribution in [-0.4, -0.2) is 9.13 Å². The van der Waals surface area contributed by atoms with E-state index < -0.39 is 0 Å². The number of fused-ring (bicyclic) bond motifs is 9. The first-order valence-electron chi connectivity index (χ1n) is 18.8. The highest BCUT2D eigenvalue weighted by Gasteiger charge is 2.35. The SMILES string of the molecule is CC1(C)c2ccccc2-c2ccc(N(c3ccccc3)c3ccc4c(c3)c3cc5c6ccccc6n(-c6ccccc6)c5cc3n4-c3ccccc3)cc21. The molecule has 11 rings (SSSR count). The summed E-state index contributed by atoms with van der Waals surface area (Å²) in [5.74, 6) is 0. The van der Waals surface area contributed by atoms with Crippen LogP contribution < -0.4 is 4.90 Å². The molecule has 0 unspecified atom stereocenters. The molecule has 0 fully saturated rings. The van der Waals surface area contributed by atoms with Gasteiger partial charge in [-0.05, 0) is 107 Å². The van der Waals surface area contributed by atoms with E-state index in [0.717, 1.165) is 28.4 Å². The molecule has 1 aliphatic carbocycles. The Morgan fingerprint density at radius 2 is 0.870 bits per heavy atom. The van der Waals surface area contributed by atoms with Crippen LogP contribution in [0.3, 0.4) is 0 Å². The van der Waals surface area contributed by atoms with Crippen molar-refractivity contribution in [2.24, 2.45) is 0 Å². The lowest BCUT2D eigenvalue weighted by molar-refractivity contribution is 0.660. The molecular weight excluding hydrogens is 655 g/mol. The summed E-state index contributed by atoms with van der Waals surface area (Å²) in [4.78, 5) is 2.42. The molecule has 54 heavy (non-hydrogen) atoms. The molecule has 3 nitrogen and oxygen atoms in total. The Balaban J connectivity index is 1.19. The largest absolute Gasteiger partial charge is 0.310 e.